The Morgan fingerprint density at radius 3 is 2.89 bits per heavy atom. The highest BCUT2D eigenvalue weighted by Gasteiger charge is 2.16. The lowest BCUT2D eigenvalue weighted by Crippen LogP contribution is -2.29. The first kappa shape index (κ1) is 14.1. The van der Waals surface area contributed by atoms with Crippen LogP contribution in [0.5, 0.6) is 0 Å². The fraction of sp³-hybridized carbons (Fsp3) is 0.500. The van der Waals surface area contributed by atoms with E-state index < -0.39 is 0 Å². The third-order valence-electron chi connectivity index (χ3n) is 3.56. The molecule has 0 radical (unpaired) electrons. The maximum Gasteiger partial charge on any atom is 0.0454 e. The second-order valence-electron chi connectivity index (χ2n) is 5.99. The van der Waals surface area contributed by atoms with Crippen LogP contribution in [-0.2, 0) is 6.54 Å². The average molecular weight is 260 g/mol. The van der Waals surface area contributed by atoms with E-state index in [2.05, 4.69) is 48.4 Å². The minimum atomic E-state index is 0.237. The van der Waals surface area contributed by atoms with Crippen LogP contribution in [0.1, 0.15) is 32.3 Å². The molecule has 0 aliphatic carbocycles. The SMILES string of the molecule is CC(C)(CCCO)CNCc1ccc2[nH]ccc2c1. The zero-order chi connectivity index (χ0) is 13.7. The highest BCUT2D eigenvalue weighted by molar-refractivity contribution is 5.79. The third-order valence-corrected chi connectivity index (χ3v) is 3.56. The molecule has 0 aliphatic heterocycles. The molecule has 1 aromatic carbocycles. The van der Waals surface area contributed by atoms with Gasteiger partial charge < -0.3 is 15.4 Å². The van der Waals surface area contributed by atoms with Crippen LogP contribution in [0.15, 0.2) is 30.5 Å². The van der Waals surface area contributed by atoms with Gasteiger partial charge in [-0.3, -0.25) is 0 Å². The summed E-state index contributed by atoms with van der Waals surface area (Å²) in [6.45, 7) is 6.63. The summed E-state index contributed by atoms with van der Waals surface area (Å²) in [6.07, 6.45) is 3.90. The molecule has 0 aliphatic rings. The largest absolute Gasteiger partial charge is 0.396 e. The number of aliphatic hydroxyl groups excluding tert-OH is 1. The topological polar surface area (TPSA) is 48.0 Å². The molecule has 0 amide bonds. The molecule has 3 N–H and O–H groups in total. The molecule has 1 heterocycles. The second-order valence-corrected chi connectivity index (χ2v) is 5.99. The number of nitrogens with one attached hydrogen (secondary N) is 2. The third kappa shape index (κ3) is 4.08. The molecule has 3 nitrogen and oxygen atoms in total. The summed E-state index contributed by atoms with van der Waals surface area (Å²) in [4.78, 5) is 3.21. The summed E-state index contributed by atoms with van der Waals surface area (Å²) >= 11 is 0. The van der Waals surface area contributed by atoms with Gasteiger partial charge in [-0.1, -0.05) is 19.9 Å². The van der Waals surface area contributed by atoms with Crippen LogP contribution in [0.4, 0.5) is 0 Å². The van der Waals surface area contributed by atoms with Gasteiger partial charge in [0.25, 0.3) is 0 Å². The highest BCUT2D eigenvalue weighted by Crippen LogP contribution is 2.21. The first-order valence-corrected chi connectivity index (χ1v) is 6.98. The molecule has 19 heavy (non-hydrogen) atoms. The normalized spacial score (nSPS) is 12.2. The van der Waals surface area contributed by atoms with Crippen LogP contribution in [-0.4, -0.2) is 23.2 Å². The fourth-order valence-electron chi connectivity index (χ4n) is 2.40. The van der Waals surface area contributed by atoms with Gasteiger partial charge in [0.2, 0.25) is 0 Å². The molecule has 104 valence electrons. The molecule has 0 saturated heterocycles. The van der Waals surface area contributed by atoms with Crippen LogP contribution >= 0.6 is 0 Å². The Balaban J connectivity index is 1.84. The molecule has 2 aromatic rings. The summed E-state index contributed by atoms with van der Waals surface area (Å²) in [5.41, 5.74) is 2.73. The van der Waals surface area contributed by atoms with Crippen LogP contribution < -0.4 is 5.32 Å². The van der Waals surface area contributed by atoms with Crippen molar-refractivity contribution in [3.63, 3.8) is 0 Å². The quantitative estimate of drug-likeness (QED) is 0.716. The van der Waals surface area contributed by atoms with Crippen molar-refractivity contribution < 1.29 is 5.11 Å². The number of aliphatic hydroxyl groups is 1. The molecule has 2 rings (SSSR count). The number of H-pyrrole nitrogens is 1. The van der Waals surface area contributed by atoms with Gasteiger partial charge in [-0.2, -0.15) is 0 Å². The van der Waals surface area contributed by atoms with Crippen LogP contribution in [0.2, 0.25) is 0 Å². The Hall–Kier alpha value is -1.32. The summed E-state index contributed by atoms with van der Waals surface area (Å²) in [6, 6.07) is 8.61. The van der Waals surface area contributed by atoms with E-state index in [1.807, 2.05) is 6.20 Å². The van der Waals surface area contributed by atoms with Crippen molar-refractivity contribution in [1.82, 2.24) is 10.3 Å². The zero-order valence-corrected chi connectivity index (χ0v) is 11.9. The summed E-state index contributed by atoms with van der Waals surface area (Å²) in [7, 11) is 0. The molecular weight excluding hydrogens is 236 g/mol. The first-order chi connectivity index (χ1) is 9.11. The monoisotopic (exact) mass is 260 g/mol. The lowest BCUT2D eigenvalue weighted by Gasteiger charge is -2.24. The summed E-state index contributed by atoms with van der Waals surface area (Å²) in [5.74, 6) is 0. The Morgan fingerprint density at radius 2 is 2.11 bits per heavy atom. The summed E-state index contributed by atoms with van der Waals surface area (Å²) < 4.78 is 0. The number of benzene rings is 1. The predicted octanol–water partition coefficient (Wildman–Crippen LogP) is 3.06. The van der Waals surface area contributed by atoms with Crippen molar-refractivity contribution in [2.75, 3.05) is 13.2 Å². The molecule has 3 heteroatoms. The van der Waals surface area contributed by atoms with E-state index in [0.717, 1.165) is 25.9 Å². The van der Waals surface area contributed by atoms with E-state index in [1.54, 1.807) is 0 Å². The van der Waals surface area contributed by atoms with E-state index in [9.17, 15) is 0 Å². The number of rotatable bonds is 7. The average Bonchev–Trinajstić information content (AvgIpc) is 2.83. The minimum absolute atomic E-state index is 0.237. The van der Waals surface area contributed by atoms with E-state index in [-0.39, 0.29) is 12.0 Å². The van der Waals surface area contributed by atoms with Gasteiger partial charge in [0.15, 0.2) is 0 Å². The van der Waals surface area contributed by atoms with Crippen LogP contribution in [0, 0.1) is 5.41 Å². The Labute approximate surface area is 115 Å². The van der Waals surface area contributed by atoms with Gasteiger partial charge in [-0.05, 0) is 47.4 Å². The zero-order valence-electron chi connectivity index (χ0n) is 11.9. The maximum atomic E-state index is 8.89. The lowest BCUT2D eigenvalue weighted by molar-refractivity contribution is 0.236. The number of aromatic amines is 1. The van der Waals surface area contributed by atoms with Gasteiger partial charge in [-0.15, -0.1) is 0 Å². The van der Waals surface area contributed by atoms with Crippen LogP contribution in [0.3, 0.4) is 0 Å². The van der Waals surface area contributed by atoms with Crippen molar-refractivity contribution >= 4 is 10.9 Å². The Morgan fingerprint density at radius 1 is 1.26 bits per heavy atom. The van der Waals surface area contributed by atoms with E-state index in [4.69, 9.17) is 5.11 Å². The standard InChI is InChI=1S/C16H24N2O/c1-16(2,7-3-9-19)12-17-11-13-4-5-15-14(10-13)6-8-18-15/h4-6,8,10,17-19H,3,7,9,11-12H2,1-2H3. The number of hydrogen-bond donors (Lipinski definition) is 3. The van der Waals surface area contributed by atoms with Crippen molar-refractivity contribution in [1.29, 1.82) is 0 Å². The van der Waals surface area contributed by atoms with Crippen molar-refractivity contribution in [3.05, 3.63) is 36.0 Å². The molecule has 0 spiro atoms. The maximum absolute atomic E-state index is 8.89. The Bertz CT molecular complexity index is 516. The van der Waals surface area contributed by atoms with Crippen molar-refractivity contribution in [2.45, 2.75) is 33.2 Å². The van der Waals surface area contributed by atoms with E-state index >= 15 is 0 Å². The number of fused-ring (bicyclic) bond motifs is 1. The van der Waals surface area contributed by atoms with Crippen molar-refractivity contribution in [3.8, 4) is 0 Å². The first-order valence-electron chi connectivity index (χ1n) is 6.98. The molecular formula is C16H24N2O. The Kier molecular flexibility index (Phi) is 4.61. The lowest BCUT2D eigenvalue weighted by atomic mass is 9.88. The van der Waals surface area contributed by atoms with Crippen molar-refractivity contribution in [2.24, 2.45) is 5.41 Å². The fourth-order valence-corrected chi connectivity index (χ4v) is 2.40. The van der Waals surface area contributed by atoms with E-state index in [1.165, 1.54) is 16.5 Å². The van der Waals surface area contributed by atoms with Gasteiger partial charge in [0.1, 0.15) is 0 Å². The van der Waals surface area contributed by atoms with Gasteiger partial charge in [-0.25, -0.2) is 0 Å². The number of aromatic nitrogens is 1. The molecule has 0 bridgehead atoms. The predicted molar refractivity (Wildman–Crippen MR) is 80.1 cm³/mol. The molecule has 0 fully saturated rings. The van der Waals surface area contributed by atoms with Crippen LogP contribution in [0.25, 0.3) is 10.9 Å². The van der Waals surface area contributed by atoms with E-state index in [0.29, 0.717) is 0 Å². The van der Waals surface area contributed by atoms with Gasteiger partial charge in [0, 0.05) is 31.4 Å². The molecule has 0 atom stereocenters. The highest BCUT2D eigenvalue weighted by atomic mass is 16.2. The van der Waals surface area contributed by atoms with Gasteiger partial charge >= 0.3 is 0 Å². The number of hydrogen-bond acceptors (Lipinski definition) is 2. The second kappa shape index (κ2) is 6.22. The van der Waals surface area contributed by atoms with Gasteiger partial charge in [0.05, 0.1) is 0 Å². The molecule has 0 saturated carbocycles. The summed E-state index contributed by atoms with van der Waals surface area (Å²) in [5, 5.41) is 13.7. The molecule has 0 unspecified atom stereocenters. The minimum Gasteiger partial charge on any atom is -0.396 e. The molecule has 1 aromatic heterocycles. The smallest absolute Gasteiger partial charge is 0.0454 e.